The van der Waals surface area contributed by atoms with E-state index in [2.05, 4.69) is 10.2 Å². The van der Waals surface area contributed by atoms with E-state index in [1.54, 1.807) is 0 Å². The first-order valence-corrected chi connectivity index (χ1v) is 9.98. The Kier molecular flexibility index (Phi) is 7.71. The molecule has 2 atom stereocenters. The number of hydrogen-bond acceptors (Lipinski definition) is 5. The Morgan fingerprint density at radius 3 is 2.63 bits per heavy atom. The van der Waals surface area contributed by atoms with Crippen molar-refractivity contribution < 1.29 is 49.0 Å². The number of rotatable bonds is 6. The van der Waals surface area contributed by atoms with Gasteiger partial charge in [-0.3, -0.25) is 9.69 Å². The van der Waals surface area contributed by atoms with Gasteiger partial charge in [-0.25, -0.2) is 0 Å². The summed E-state index contributed by atoms with van der Waals surface area (Å²) < 4.78 is 5.58. The Hall–Kier alpha value is -1.70. The van der Waals surface area contributed by atoms with Crippen LogP contribution in [0.5, 0.6) is 0 Å². The van der Waals surface area contributed by atoms with Crippen LogP contribution < -0.4 is 40.0 Å². The predicted molar refractivity (Wildman–Crippen MR) is 105 cm³/mol. The third-order valence-corrected chi connectivity index (χ3v) is 5.92. The fraction of sp³-hybridized carbons (Fsp3) is 0.391. The second-order valence-corrected chi connectivity index (χ2v) is 8.02. The maximum atomic E-state index is 12.8. The molecule has 152 valence electrons. The van der Waals surface area contributed by atoms with E-state index in [9.17, 15) is 14.7 Å². The first-order valence-electron chi connectivity index (χ1n) is 9.98. The largest absolute Gasteiger partial charge is 1.00 e. The van der Waals surface area contributed by atoms with E-state index in [0.717, 1.165) is 16.7 Å². The van der Waals surface area contributed by atoms with Crippen molar-refractivity contribution in [3.8, 4) is 0 Å². The first kappa shape index (κ1) is 23.0. The summed E-state index contributed by atoms with van der Waals surface area (Å²) in [7, 11) is 0. The van der Waals surface area contributed by atoms with E-state index < -0.39 is 11.4 Å². The van der Waals surface area contributed by atoms with Gasteiger partial charge in [-0.15, -0.1) is 0 Å². The molecule has 2 aromatic rings. The fourth-order valence-corrected chi connectivity index (χ4v) is 4.37. The number of amides is 1. The molecule has 2 unspecified atom stereocenters. The molecule has 30 heavy (non-hydrogen) atoms. The summed E-state index contributed by atoms with van der Waals surface area (Å²) in [6.07, 6.45) is 0.326. The maximum absolute atomic E-state index is 12.8. The molecular weight excluding hydrogens is 391 g/mol. The third kappa shape index (κ3) is 5.13. The van der Waals surface area contributed by atoms with E-state index in [0.29, 0.717) is 39.3 Å². The Labute approximate surface area is 198 Å². The second kappa shape index (κ2) is 10.1. The van der Waals surface area contributed by atoms with Crippen molar-refractivity contribution in [3.63, 3.8) is 0 Å². The minimum Gasteiger partial charge on any atom is -0.549 e. The number of hydrogen-bond donors (Lipinski definition) is 1. The topological polar surface area (TPSA) is 81.7 Å². The number of ether oxygens (including phenoxy) is 1. The molecule has 0 radical (unpaired) electrons. The van der Waals surface area contributed by atoms with Gasteiger partial charge in [-0.2, -0.15) is 0 Å². The molecule has 2 aliphatic rings. The summed E-state index contributed by atoms with van der Waals surface area (Å²) in [6, 6.07) is 17.5. The number of carbonyl (C=O) groups excluding carboxylic acids is 2. The van der Waals surface area contributed by atoms with Crippen LogP contribution in [0.4, 0.5) is 0 Å². The van der Waals surface area contributed by atoms with Gasteiger partial charge < -0.3 is 20.0 Å². The molecule has 1 N–H and O–H groups in total. The van der Waals surface area contributed by atoms with Crippen LogP contribution in [0, 0.1) is 5.41 Å². The van der Waals surface area contributed by atoms with E-state index in [1.165, 1.54) is 0 Å². The zero-order valence-corrected chi connectivity index (χ0v) is 19.3. The van der Waals surface area contributed by atoms with Crippen molar-refractivity contribution in [1.82, 2.24) is 10.2 Å². The molecule has 0 aliphatic carbocycles. The van der Waals surface area contributed by atoms with Gasteiger partial charge in [0.05, 0.1) is 19.3 Å². The fourth-order valence-electron chi connectivity index (χ4n) is 4.37. The Morgan fingerprint density at radius 2 is 1.87 bits per heavy atom. The molecule has 0 saturated carbocycles. The Balaban J connectivity index is 0.00000256. The van der Waals surface area contributed by atoms with Crippen molar-refractivity contribution in [2.75, 3.05) is 19.7 Å². The van der Waals surface area contributed by atoms with Crippen LogP contribution in [0.1, 0.15) is 35.6 Å². The van der Waals surface area contributed by atoms with Gasteiger partial charge in [0, 0.05) is 30.9 Å². The van der Waals surface area contributed by atoms with Gasteiger partial charge in [-0.1, -0.05) is 54.6 Å². The Morgan fingerprint density at radius 1 is 1.13 bits per heavy atom. The number of carbonyl (C=O) groups is 2. The molecule has 0 bridgehead atoms. The molecule has 2 heterocycles. The zero-order valence-electron chi connectivity index (χ0n) is 17.3. The van der Waals surface area contributed by atoms with Gasteiger partial charge in [-0.05, 0) is 29.7 Å². The van der Waals surface area contributed by atoms with Crippen LogP contribution in [0.3, 0.4) is 0 Å². The second-order valence-electron chi connectivity index (χ2n) is 8.02. The van der Waals surface area contributed by atoms with Gasteiger partial charge in [0.1, 0.15) is 0 Å². The van der Waals surface area contributed by atoms with Crippen molar-refractivity contribution in [3.05, 3.63) is 71.3 Å². The quantitative estimate of drug-likeness (QED) is 0.575. The van der Waals surface area contributed by atoms with Crippen LogP contribution in [0.25, 0.3) is 0 Å². The van der Waals surface area contributed by atoms with Gasteiger partial charge in [0.15, 0.2) is 0 Å². The van der Waals surface area contributed by atoms with Crippen LogP contribution >= 0.6 is 0 Å². The molecular formula is C23H25N2NaO4. The number of benzene rings is 2. The SMILES string of the molecule is O=C(CC1(C(=O)[O-])CCN(Cc2ccccc2)C1)NC1COCc2ccccc21.[Na+]. The summed E-state index contributed by atoms with van der Waals surface area (Å²) in [4.78, 5) is 26.9. The maximum Gasteiger partial charge on any atom is 1.00 e. The zero-order chi connectivity index (χ0) is 20.3. The van der Waals surface area contributed by atoms with Crippen LogP contribution in [0.15, 0.2) is 54.6 Å². The van der Waals surface area contributed by atoms with E-state index in [-0.39, 0.29) is 47.9 Å². The number of carboxylic acids is 1. The summed E-state index contributed by atoms with van der Waals surface area (Å²) >= 11 is 0. The average Bonchev–Trinajstić information content (AvgIpc) is 3.13. The smallest absolute Gasteiger partial charge is 0.549 e. The molecule has 1 saturated heterocycles. The van der Waals surface area contributed by atoms with Crippen LogP contribution in [-0.4, -0.2) is 36.5 Å². The summed E-state index contributed by atoms with van der Waals surface area (Å²) in [5, 5.41) is 15.0. The van der Waals surface area contributed by atoms with Crippen LogP contribution in [0.2, 0.25) is 0 Å². The third-order valence-electron chi connectivity index (χ3n) is 5.92. The average molecular weight is 416 g/mol. The van der Waals surface area contributed by atoms with Gasteiger partial charge in [0.2, 0.25) is 5.91 Å². The van der Waals surface area contributed by atoms with Gasteiger partial charge >= 0.3 is 29.6 Å². The normalized spacial score (nSPS) is 23.3. The molecule has 0 aromatic heterocycles. The molecule has 4 rings (SSSR count). The number of nitrogens with one attached hydrogen (secondary N) is 1. The standard InChI is InChI=1S/C23H26N2O4.Na/c26-21(24-20-15-29-14-18-8-4-5-9-19(18)20)12-23(22(27)28)10-11-25(16-23)13-17-6-2-1-3-7-17;/h1-9,20H,10-16H2,(H,24,26)(H,27,28);/q;+1/p-1. The number of likely N-dealkylation sites (tertiary alicyclic amines) is 1. The minimum atomic E-state index is -1.16. The first-order chi connectivity index (χ1) is 14.1. The van der Waals surface area contributed by atoms with Crippen LogP contribution in [-0.2, 0) is 27.5 Å². The van der Waals surface area contributed by atoms with E-state index in [4.69, 9.17) is 4.74 Å². The van der Waals surface area contributed by atoms with Crippen molar-refractivity contribution in [2.24, 2.45) is 5.41 Å². The van der Waals surface area contributed by atoms with Gasteiger partial charge in [0.25, 0.3) is 0 Å². The summed E-state index contributed by atoms with van der Waals surface area (Å²) in [6.45, 7) is 2.53. The molecule has 0 spiro atoms. The molecule has 1 fully saturated rings. The summed E-state index contributed by atoms with van der Waals surface area (Å²) in [5.74, 6) is -1.43. The molecule has 2 aromatic carbocycles. The minimum absolute atomic E-state index is 0. The van der Waals surface area contributed by atoms with Crippen molar-refractivity contribution in [2.45, 2.75) is 32.0 Å². The number of aliphatic carboxylic acids is 1. The molecule has 7 heteroatoms. The summed E-state index contributed by atoms with van der Waals surface area (Å²) in [5.41, 5.74) is 2.05. The molecule has 2 aliphatic heterocycles. The number of nitrogens with zero attached hydrogens (tertiary/aromatic N) is 1. The molecule has 6 nitrogen and oxygen atoms in total. The van der Waals surface area contributed by atoms with E-state index >= 15 is 0 Å². The number of carboxylic acid groups (broad SMARTS) is 1. The predicted octanol–water partition coefficient (Wildman–Crippen LogP) is -1.59. The molecule has 1 amide bonds. The van der Waals surface area contributed by atoms with Crippen molar-refractivity contribution >= 4 is 11.9 Å². The number of fused-ring (bicyclic) bond motifs is 1. The monoisotopic (exact) mass is 416 g/mol. The van der Waals surface area contributed by atoms with Crippen molar-refractivity contribution in [1.29, 1.82) is 0 Å². The Bertz CT molecular complexity index is 892. The van der Waals surface area contributed by atoms with E-state index in [1.807, 2.05) is 54.6 Å².